The Labute approximate surface area is 222 Å². The summed E-state index contributed by atoms with van der Waals surface area (Å²) in [6, 6.07) is 11.1. The Kier molecular flexibility index (Phi) is 8.95. The zero-order valence-electron chi connectivity index (χ0n) is 18.2. The number of benzene rings is 3. The molecule has 0 aliphatic heterocycles. The van der Waals surface area contributed by atoms with Gasteiger partial charge in [-0.05, 0) is 29.8 Å². The molecule has 0 spiro atoms. The fourth-order valence-electron chi connectivity index (χ4n) is 2.76. The second-order valence-electron chi connectivity index (χ2n) is 6.99. The van der Waals surface area contributed by atoms with Gasteiger partial charge in [0.05, 0.1) is 37.7 Å². The molecule has 37 heavy (non-hydrogen) atoms. The molecule has 0 fully saturated rings. The maximum absolute atomic E-state index is 12.4. The third-order valence-corrected chi connectivity index (χ3v) is 5.12. The van der Waals surface area contributed by atoms with Gasteiger partial charge < -0.3 is 9.47 Å². The van der Waals surface area contributed by atoms with Crippen molar-refractivity contribution >= 4 is 64.3 Å². The number of non-ortho nitro benzene ring substituents is 2. The first kappa shape index (κ1) is 27.3. The number of carbonyl (C=O) groups excluding carboxylic acids is 2. The molecule has 1 N–H and O–H groups in total. The number of hydrogen-bond donors (Lipinski definition) is 1. The summed E-state index contributed by atoms with van der Waals surface area (Å²) in [6.07, 6.45) is 1.25. The van der Waals surface area contributed by atoms with E-state index in [0.29, 0.717) is 10.6 Å². The maximum Gasteiger partial charge on any atom is 0.344 e. The molecule has 0 bridgehead atoms. The molecule has 0 radical (unpaired) electrons. The molecule has 190 valence electrons. The third kappa shape index (κ3) is 7.61. The largest absolute Gasteiger partial charge is 0.481 e. The number of nitrogens with zero attached hydrogens (tertiary/aromatic N) is 3. The van der Waals surface area contributed by atoms with Crippen LogP contribution >= 0.6 is 34.8 Å². The molecule has 0 heterocycles. The quantitative estimate of drug-likeness (QED) is 0.121. The standard InChI is InChI=1S/C22H13Cl3N4O8/c23-14-7-18(24)21(19(25)8-14)36-11-20(30)27-26-10-12-2-1-3-17(4-12)37-22(31)13-5-15(28(32)33)9-16(6-13)29(34)35/h1-10H,11H2,(H,27,30)/b26-10+. The molecule has 0 aliphatic carbocycles. The number of hydrazone groups is 1. The van der Waals surface area contributed by atoms with Gasteiger partial charge in [-0.1, -0.05) is 46.9 Å². The molecule has 0 atom stereocenters. The van der Waals surface area contributed by atoms with Crippen LogP contribution < -0.4 is 14.9 Å². The van der Waals surface area contributed by atoms with E-state index in [0.717, 1.165) is 18.2 Å². The highest BCUT2D eigenvalue weighted by Gasteiger charge is 2.21. The van der Waals surface area contributed by atoms with Gasteiger partial charge in [0.1, 0.15) is 5.75 Å². The van der Waals surface area contributed by atoms with E-state index in [1.165, 1.54) is 36.5 Å². The number of nitro benzene ring substituents is 2. The minimum absolute atomic E-state index is 0.0183. The topological polar surface area (TPSA) is 163 Å². The Balaban J connectivity index is 1.62. The Morgan fingerprint density at radius 3 is 2.16 bits per heavy atom. The number of esters is 1. The molecule has 0 saturated heterocycles. The van der Waals surface area contributed by atoms with Crippen LogP contribution in [0.4, 0.5) is 11.4 Å². The Hall–Kier alpha value is -4.26. The van der Waals surface area contributed by atoms with E-state index in [1.807, 2.05) is 0 Å². The van der Waals surface area contributed by atoms with Crippen LogP contribution in [-0.2, 0) is 4.79 Å². The molecular weight excluding hydrogens is 555 g/mol. The fraction of sp³-hybridized carbons (Fsp3) is 0.0455. The highest BCUT2D eigenvalue weighted by atomic mass is 35.5. The molecule has 0 aromatic heterocycles. The molecule has 1 amide bonds. The van der Waals surface area contributed by atoms with Gasteiger partial charge in [-0.2, -0.15) is 5.10 Å². The van der Waals surface area contributed by atoms with Crippen molar-refractivity contribution in [3.63, 3.8) is 0 Å². The highest BCUT2D eigenvalue weighted by Crippen LogP contribution is 2.35. The summed E-state index contributed by atoms with van der Waals surface area (Å²) >= 11 is 17.8. The average molecular weight is 568 g/mol. The number of amides is 1. The number of hydrogen-bond acceptors (Lipinski definition) is 9. The normalized spacial score (nSPS) is 10.7. The molecule has 0 aliphatic rings. The summed E-state index contributed by atoms with van der Waals surface area (Å²) in [6.45, 7) is -0.453. The van der Waals surface area contributed by atoms with Crippen LogP contribution in [0.1, 0.15) is 15.9 Å². The van der Waals surface area contributed by atoms with Crippen molar-refractivity contribution in [1.82, 2.24) is 5.43 Å². The Bertz CT molecular complexity index is 1380. The smallest absolute Gasteiger partial charge is 0.344 e. The van der Waals surface area contributed by atoms with Gasteiger partial charge in [0.25, 0.3) is 17.3 Å². The molecule has 3 aromatic carbocycles. The first-order valence-corrected chi connectivity index (χ1v) is 11.0. The number of ether oxygens (including phenoxy) is 2. The van der Waals surface area contributed by atoms with Crippen molar-refractivity contribution in [2.45, 2.75) is 0 Å². The van der Waals surface area contributed by atoms with E-state index >= 15 is 0 Å². The lowest BCUT2D eigenvalue weighted by atomic mass is 10.1. The van der Waals surface area contributed by atoms with Gasteiger partial charge in [-0.25, -0.2) is 10.2 Å². The van der Waals surface area contributed by atoms with Gasteiger partial charge in [-0.15, -0.1) is 0 Å². The third-order valence-electron chi connectivity index (χ3n) is 4.34. The van der Waals surface area contributed by atoms with Crippen molar-refractivity contribution < 1.29 is 28.9 Å². The fourth-order valence-corrected chi connectivity index (χ4v) is 3.69. The predicted molar refractivity (Wildman–Crippen MR) is 134 cm³/mol. The summed E-state index contributed by atoms with van der Waals surface area (Å²) in [7, 11) is 0. The summed E-state index contributed by atoms with van der Waals surface area (Å²) < 4.78 is 10.5. The summed E-state index contributed by atoms with van der Waals surface area (Å²) in [4.78, 5) is 44.7. The van der Waals surface area contributed by atoms with Crippen molar-refractivity contribution in [3.05, 3.63) is 101 Å². The van der Waals surface area contributed by atoms with Crippen molar-refractivity contribution in [3.8, 4) is 11.5 Å². The van der Waals surface area contributed by atoms with Gasteiger partial charge in [0.2, 0.25) is 0 Å². The van der Waals surface area contributed by atoms with Crippen LogP contribution in [0.15, 0.2) is 59.7 Å². The van der Waals surface area contributed by atoms with E-state index in [4.69, 9.17) is 44.3 Å². The highest BCUT2D eigenvalue weighted by molar-refractivity contribution is 6.40. The van der Waals surface area contributed by atoms with E-state index in [-0.39, 0.29) is 27.1 Å². The van der Waals surface area contributed by atoms with Crippen LogP contribution in [-0.4, -0.2) is 34.5 Å². The van der Waals surface area contributed by atoms with Crippen LogP contribution in [0.25, 0.3) is 0 Å². The van der Waals surface area contributed by atoms with Crippen molar-refractivity contribution in [2.24, 2.45) is 5.10 Å². The zero-order valence-corrected chi connectivity index (χ0v) is 20.5. The number of nitrogens with one attached hydrogen (secondary N) is 1. The SMILES string of the molecule is O=C(COc1c(Cl)cc(Cl)cc1Cl)N/N=C/c1cccc(OC(=O)c2cc([N+](=O)[O-])cc([N+](=O)[O-])c2)c1. The number of carbonyl (C=O) groups is 2. The van der Waals surface area contributed by atoms with Gasteiger partial charge in [0, 0.05) is 17.2 Å². The summed E-state index contributed by atoms with van der Waals surface area (Å²) in [5.74, 6) is -1.58. The van der Waals surface area contributed by atoms with E-state index in [9.17, 15) is 29.8 Å². The van der Waals surface area contributed by atoms with Crippen molar-refractivity contribution in [2.75, 3.05) is 6.61 Å². The number of nitro groups is 2. The monoisotopic (exact) mass is 566 g/mol. The molecular formula is C22H13Cl3N4O8. The Morgan fingerprint density at radius 1 is 0.946 bits per heavy atom. The van der Waals surface area contributed by atoms with Gasteiger partial charge in [-0.3, -0.25) is 25.0 Å². The summed E-state index contributed by atoms with van der Waals surface area (Å²) in [5.41, 5.74) is 0.978. The molecule has 3 aromatic rings. The van der Waals surface area contributed by atoms with Gasteiger partial charge in [0.15, 0.2) is 12.4 Å². The predicted octanol–water partition coefficient (Wildman–Crippen LogP) is 5.21. The molecule has 0 saturated carbocycles. The number of rotatable bonds is 9. The first-order chi connectivity index (χ1) is 17.5. The maximum atomic E-state index is 12.4. The van der Waals surface area contributed by atoms with Crippen LogP contribution in [0, 0.1) is 20.2 Å². The Morgan fingerprint density at radius 2 is 1.57 bits per heavy atom. The minimum Gasteiger partial charge on any atom is -0.481 e. The lowest BCUT2D eigenvalue weighted by Gasteiger charge is -2.09. The van der Waals surface area contributed by atoms with Crippen molar-refractivity contribution in [1.29, 1.82) is 0 Å². The lowest BCUT2D eigenvalue weighted by Crippen LogP contribution is -2.24. The van der Waals surface area contributed by atoms with E-state index < -0.39 is 39.7 Å². The van der Waals surface area contributed by atoms with Crippen LogP contribution in [0.5, 0.6) is 11.5 Å². The second-order valence-corrected chi connectivity index (χ2v) is 8.25. The number of halogens is 3. The summed E-state index contributed by atoms with van der Waals surface area (Å²) in [5, 5.41) is 26.4. The second kappa shape index (κ2) is 12.1. The molecule has 12 nitrogen and oxygen atoms in total. The molecule has 15 heteroatoms. The molecule has 0 unspecified atom stereocenters. The minimum atomic E-state index is -1.05. The zero-order chi connectivity index (χ0) is 27.1. The first-order valence-electron chi connectivity index (χ1n) is 9.89. The van der Waals surface area contributed by atoms with Crippen LogP contribution in [0.3, 0.4) is 0 Å². The molecule has 3 rings (SSSR count). The van der Waals surface area contributed by atoms with E-state index in [1.54, 1.807) is 6.07 Å². The average Bonchev–Trinajstić information content (AvgIpc) is 2.83. The van der Waals surface area contributed by atoms with Crippen LogP contribution in [0.2, 0.25) is 15.1 Å². The van der Waals surface area contributed by atoms with E-state index in [2.05, 4.69) is 10.5 Å². The van der Waals surface area contributed by atoms with Gasteiger partial charge >= 0.3 is 5.97 Å². The lowest BCUT2D eigenvalue weighted by molar-refractivity contribution is -0.394.